The number of carbonyl (C=O) groups excluding carboxylic acids is 1. The van der Waals surface area contributed by atoms with Gasteiger partial charge in [-0.2, -0.15) is 0 Å². The van der Waals surface area contributed by atoms with Crippen LogP contribution < -0.4 is 0 Å². The number of nitrogens with zero attached hydrogens (tertiary/aromatic N) is 2. The number of carboxylic acids is 1. The molecule has 1 aromatic heterocycles. The molecule has 1 aromatic rings. The summed E-state index contributed by atoms with van der Waals surface area (Å²) in [7, 11) is 0. The Morgan fingerprint density at radius 2 is 2.21 bits per heavy atom. The average molecular weight is 266 g/mol. The molecule has 0 saturated heterocycles. The molecule has 1 fully saturated rings. The molecule has 6 nitrogen and oxygen atoms in total. The lowest BCUT2D eigenvalue weighted by molar-refractivity contribution is -0.137. The number of aliphatic carboxylic acids is 1. The SMILES string of the molecule is CCN(Cc1ccco1)C(=O)N(CC(=O)O)C1CC1. The molecule has 19 heavy (non-hydrogen) atoms. The van der Waals surface area contributed by atoms with Crippen LogP contribution in [0.4, 0.5) is 4.79 Å². The zero-order valence-corrected chi connectivity index (χ0v) is 10.9. The van der Waals surface area contributed by atoms with Crippen molar-refractivity contribution in [3.8, 4) is 0 Å². The van der Waals surface area contributed by atoms with Crippen LogP contribution in [0.3, 0.4) is 0 Å². The molecule has 1 N–H and O–H groups in total. The number of amides is 2. The summed E-state index contributed by atoms with van der Waals surface area (Å²) in [5.41, 5.74) is 0. The highest BCUT2D eigenvalue weighted by Gasteiger charge is 2.35. The second kappa shape index (κ2) is 5.77. The second-order valence-corrected chi connectivity index (χ2v) is 4.63. The normalized spacial score (nSPS) is 14.2. The molecule has 0 aliphatic heterocycles. The third kappa shape index (κ3) is 3.49. The maximum Gasteiger partial charge on any atom is 0.323 e. The predicted octanol–water partition coefficient (Wildman–Crippen LogP) is 1.77. The van der Waals surface area contributed by atoms with E-state index in [1.165, 1.54) is 4.90 Å². The number of furan rings is 1. The van der Waals surface area contributed by atoms with Crippen LogP contribution in [-0.2, 0) is 11.3 Å². The number of hydrogen-bond donors (Lipinski definition) is 1. The number of hydrogen-bond acceptors (Lipinski definition) is 3. The summed E-state index contributed by atoms with van der Waals surface area (Å²) in [6, 6.07) is 3.41. The van der Waals surface area contributed by atoms with Gasteiger partial charge in [-0.15, -0.1) is 0 Å². The van der Waals surface area contributed by atoms with E-state index in [0.717, 1.165) is 12.8 Å². The van der Waals surface area contributed by atoms with E-state index in [-0.39, 0.29) is 18.6 Å². The minimum Gasteiger partial charge on any atom is -0.480 e. The van der Waals surface area contributed by atoms with Gasteiger partial charge in [0.2, 0.25) is 0 Å². The third-order valence-electron chi connectivity index (χ3n) is 3.12. The minimum atomic E-state index is -0.977. The van der Waals surface area contributed by atoms with Crippen LogP contribution in [-0.4, -0.2) is 46.0 Å². The fraction of sp³-hybridized carbons (Fsp3) is 0.538. The molecule has 0 aromatic carbocycles. The molecule has 0 unspecified atom stereocenters. The van der Waals surface area contributed by atoms with E-state index < -0.39 is 5.97 Å². The van der Waals surface area contributed by atoms with Gasteiger partial charge in [-0.25, -0.2) is 4.79 Å². The van der Waals surface area contributed by atoms with E-state index in [0.29, 0.717) is 18.8 Å². The first-order valence-corrected chi connectivity index (χ1v) is 6.41. The second-order valence-electron chi connectivity index (χ2n) is 4.63. The van der Waals surface area contributed by atoms with Gasteiger partial charge in [0.25, 0.3) is 0 Å². The Labute approximate surface area is 111 Å². The highest BCUT2D eigenvalue weighted by Crippen LogP contribution is 2.27. The lowest BCUT2D eigenvalue weighted by atomic mass is 10.4. The number of carbonyl (C=O) groups is 2. The van der Waals surface area contributed by atoms with Crippen LogP contribution in [0.15, 0.2) is 22.8 Å². The number of rotatable bonds is 6. The van der Waals surface area contributed by atoms with Crippen LogP contribution in [0.5, 0.6) is 0 Å². The van der Waals surface area contributed by atoms with Gasteiger partial charge in [-0.3, -0.25) is 4.79 Å². The van der Waals surface area contributed by atoms with Gasteiger partial charge >= 0.3 is 12.0 Å². The Bertz CT molecular complexity index is 440. The maximum atomic E-state index is 12.4. The van der Waals surface area contributed by atoms with Crippen molar-refractivity contribution in [2.24, 2.45) is 0 Å². The molecular formula is C13H18N2O4. The zero-order valence-electron chi connectivity index (χ0n) is 10.9. The van der Waals surface area contributed by atoms with Crippen molar-refractivity contribution < 1.29 is 19.1 Å². The summed E-state index contributed by atoms with van der Waals surface area (Å²) < 4.78 is 5.22. The Kier molecular flexibility index (Phi) is 4.09. The van der Waals surface area contributed by atoms with Crippen molar-refractivity contribution in [3.63, 3.8) is 0 Å². The molecule has 0 spiro atoms. The van der Waals surface area contributed by atoms with Crippen molar-refractivity contribution in [3.05, 3.63) is 24.2 Å². The largest absolute Gasteiger partial charge is 0.480 e. The molecule has 2 amide bonds. The van der Waals surface area contributed by atoms with Crippen LogP contribution in [0.1, 0.15) is 25.5 Å². The van der Waals surface area contributed by atoms with E-state index in [4.69, 9.17) is 9.52 Å². The van der Waals surface area contributed by atoms with Gasteiger partial charge in [0.1, 0.15) is 12.3 Å². The lowest BCUT2D eigenvalue weighted by Gasteiger charge is -2.28. The summed E-state index contributed by atoms with van der Waals surface area (Å²) in [6.45, 7) is 2.51. The van der Waals surface area contributed by atoms with Crippen LogP contribution in [0.25, 0.3) is 0 Å². The van der Waals surface area contributed by atoms with Crippen molar-refractivity contribution >= 4 is 12.0 Å². The Morgan fingerprint density at radius 3 is 2.68 bits per heavy atom. The molecular weight excluding hydrogens is 248 g/mol. The van der Waals surface area contributed by atoms with Gasteiger partial charge in [-0.1, -0.05) is 0 Å². The van der Waals surface area contributed by atoms with E-state index in [9.17, 15) is 9.59 Å². The molecule has 1 aliphatic rings. The third-order valence-corrected chi connectivity index (χ3v) is 3.12. The standard InChI is InChI=1S/C13H18N2O4/c1-2-14(8-11-4-3-7-19-11)13(18)15(9-12(16)17)10-5-6-10/h3-4,7,10H,2,5-6,8-9H2,1H3,(H,16,17). The van der Waals surface area contributed by atoms with Crippen LogP contribution >= 0.6 is 0 Å². The highest BCUT2D eigenvalue weighted by atomic mass is 16.4. The predicted molar refractivity (Wildman–Crippen MR) is 67.6 cm³/mol. The summed E-state index contributed by atoms with van der Waals surface area (Å²) in [6.07, 6.45) is 3.33. The fourth-order valence-electron chi connectivity index (χ4n) is 1.97. The van der Waals surface area contributed by atoms with Gasteiger partial charge in [0.05, 0.1) is 12.8 Å². The molecule has 0 radical (unpaired) electrons. The van der Waals surface area contributed by atoms with E-state index in [1.54, 1.807) is 23.3 Å². The summed E-state index contributed by atoms with van der Waals surface area (Å²) >= 11 is 0. The van der Waals surface area contributed by atoms with Gasteiger partial charge < -0.3 is 19.3 Å². The molecule has 1 heterocycles. The minimum absolute atomic E-state index is 0.0780. The summed E-state index contributed by atoms with van der Waals surface area (Å²) in [4.78, 5) is 26.2. The maximum absolute atomic E-state index is 12.4. The Morgan fingerprint density at radius 1 is 1.47 bits per heavy atom. The van der Waals surface area contributed by atoms with E-state index in [2.05, 4.69) is 0 Å². The van der Waals surface area contributed by atoms with Crippen LogP contribution in [0, 0.1) is 0 Å². The molecule has 0 atom stereocenters. The van der Waals surface area contributed by atoms with Crippen molar-refractivity contribution in [1.29, 1.82) is 0 Å². The Balaban J connectivity index is 2.03. The topological polar surface area (TPSA) is 74.0 Å². The molecule has 6 heteroatoms. The smallest absolute Gasteiger partial charge is 0.323 e. The first kappa shape index (κ1) is 13.5. The first-order valence-electron chi connectivity index (χ1n) is 6.41. The average Bonchev–Trinajstić information content (AvgIpc) is 3.09. The van der Waals surface area contributed by atoms with Crippen molar-refractivity contribution in [2.45, 2.75) is 32.4 Å². The molecule has 104 valence electrons. The molecule has 1 aliphatic carbocycles. The number of urea groups is 1. The van der Waals surface area contributed by atoms with Crippen molar-refractivity contribution in [2.75, 3.05) is 13.1 Å². The van der Waals surface area contributed by atoms with E-state index in [1.807, 2.05) is 6.92 Å². The lowest BCUT2D eigenvalue weighted by Crippen LogP contribution is -2.46. The van der Waals surface area contributed by atoms with Gasteiger partial charge in [0, 0.05) is 12.6 Å². The highest BCUT2D eigenvalue weighted by molar-refractivity contribution is 5.80. The molecule has 0 bridgehead atoms. The van der Waals surface area contributed by atoms with Gasteiger partial charge in [0.15, 0.2) is 0 Å². The Hall–Kier alpha value is -1.98. The molecule has 1 saturated carbocycles. The fourth-order valence-corrected chi connectivity index (χ4v) is 1.97. The molecule has 2 rings (SSSR count). The number of carboxylic acid groups (broad SMARTS) is 1. The summed E-state index contributed by atoms with van der Waals surface area (Å²) in [5, 5.41) is 8.89. The summed E-state index contributed by atoms with van der Waals surface area (Å²) in [5.74, 6) is -0.282. The van der Waals surface area contributed by atoms with Gasteiger partial charge in [-0.05, 0) is 31.9 Å². The zero-order chi connectivity index (χ0) is 13.8. The van der Waals surface area contributed by atoms with Crippen molar-refractivity contribution in [1.82, 2.24) is 9.80 Å². The van der Waals surface area contributed by atoms with Crippen LogP contribution in [0.2, 0.25) is 0 Å². The first-order chi connectivity index (χ1) is 9.11. The monoisotopic (exact) mass is 266 g/mol. The quantitative estimate of drug-likeness (QED) is 0.851. The van der Waals surface area contributed by atoms with E-state index >= 15 is 0 Å².